The summed E-state index contributed by atoms with van der Waals surface area (Å²) in [6, 6.07) is 6.03. The lowest BCUT2D eigenvalue weighted by Crippen LogP contribution is -2.41. The molecule has 2 rings (SSSR count). The number of fused-ring (bicyclic) bond motifs is 1. The second-order valence-electron chi connectivity index (χ2n) is 6.13. The zero-order chi connectivity index (χ0) is 17.4. The molecule has 7 heteroatoms. The summed E-state index contributed by atoms with van der Waals surface area (Å²) in [6.45, 7) is 5.42. The maximum absolute atomic E-state index is 12.8. The summed E-state index contributed by atoms with van der Waals surface area (Å²) in [5, 5.41) is 9.88. The zero-order valence-corrected chi connectivity index (χ0v) is 14.5. The number of carbonyl (C=O) groups is 1. The number of hydrogen-bond donors (Lipinski definition) is 2. The van der Waals surface area contributed by atoms with Crippen molar-refractivity contribution in [2.24, 2.45) is 13.0 Å². The van der Waals surface area contributed by atoms with Crippen LogP contribution < -0.4 is 4.72 Å². The van der Waals surface area contributed by atoms with Crippen molar-refractivity contribution in [1.82, 2.24) is 9.29 Å². The molecule has 1 atom stereocenters. The van der Waals surface area contributed by atoms with Crippen LogP contribution in [0.25, 0.3) is 10.9 Å². The smallest absolute Gasteiger partial charge is 0.321 e. The maximum Gasteiger partial charge on any atom is 0.321 e. The van der Waals surface area contributed by atoms with E-state index in [4.69, 9.17) is 0 Å². The number of aliphatic carboxylic acids is 1. The molecule has 0 aliphatic heterocycles. The second kappa shape index (κ2) is 6.33. The highest BCUT2D eigenvalue weighted by Crippen LogP contribution is 2.29. The Hall–Kier alpha value is -1.86. The van der Waals surface area contributed by atoms with E-state index in [2.05, 4.69) is 4.72 Å². The van der Waals surface area contributed by atoms with E-state index < -0.39 is 22.0 Å². The number of benzene rings is 1. The number of carboxylic acid groups (broad SMARTS) is 1. The Morgan fingerprint density at radius 3 is 2.48 bits per heavy atom. The van der Waals surface area contributed by atoms with Crippen LogP contribution in [0.5, 0.6) is 0 Å². The first-order chi connectivity index (χ1) is 10.6. The minimum atomic E-state index is -3.94. The van der Waals surface area contributed by atoms with Crippen LogP contribution in [0.2, 0.25) is 0 Å². The van der Waals surface area contributed by atoms with E-state index >= 15 is 0 Å². The van der Waals surface area contributed by atoms with Gasteiger partial charge in [0.25, 0.3) is 0 Å². The SMILES string of the molecule is Cc1c(S(=O)(=O)N[C@@H](CC(C)C)C(=O)O)c2ccccc2n1C. The number of carboxylic acids is 1. The molecule has 126 valence electrons. The largest absolute Gasteiger partial charge is 0.480 e. The van der Waals surface area contributed by atoms with E-state index in [-0.39, 0.29) is 17.2 Å². The van der Waals surface area contributed by atoms with E-state index in [0.717, 1.165) is 5.52 Å². The first kappa shape index (κ1) is 17.5. The molecule has 0 fully saturated rings. The Morgan fingerprint density at radius 2 is 1.91 bits per heavy atom. The molecule has 2 aromatic rings. The third-order valence-corrected chi connectivity index (χ3v) is 5.56. The van der Waals surface area contributed by atoms with Gasteiger partial charge in [0.15, 0.2) is 0 Å². The van der Waals surface area contributed by atoms with Gasteiger partial charge in [-0.05, 0) is 25.3 Å². The maximum atomic E-state index is 12.8. The number of nitrogens with zero attached hydrogens (tertiary/aromatic N) is 1. The summed E-state index contributed by atoms with van der Waals surface area (Å²) >= 11 is 0. The van der Waals surface area contributed by atoms with E-state index in [1.165, 1.54) is 0 Å². The van der Waals surface area contributed by atoms with Gasteiger partial charge in [0, 0.05) is 23.6 Å². The van der Waals surface area contributed by atoms with Gasteiger partial charge in [-0.2, -0.15) is 4.72 Å². The van der Waals surface area contributed by atoms with E-state index in [1.807, 2.05) is 26.0 Å². The molecule has 6 nitrogen and oxygen atoms in total. The summed E-state index contributed by atoms with van der Waals surface area (Å²) in [6.07, 6.45) is 0.235. The lowest BCUT2D eigenvalue weighted by atomic mass is 10.1. The van der Waals surface area contributed by atoms with Crippen molar-refractivity contribution in [3.63, 3.8) is 0 Å². The normalized spacial score (nSPS) is 13.6. The summed E-state index contributed by atoms with van der Waals surface area (Å²) in [4.78, 5) is 11.5. The van der Waals surface area contributed by atoms with Gasteiger partial charge in [-0.25, -0.2) is 8.42 Å². The predicted molar refractivity (Wildman–Crippen MR) is 88.9 cm³/mol. The second-order valence-corrected chi connectivity index (χ2v) is 7.78. The van der Waals surface area contributed by atoms with Crippen LogP contribution in [0, 0.1) is 12.8 Å². The average Bonchev–Trinajstić information content (AvgIpc) is 2.70. The summed E-state index contributed by atoms with van der Waals surface area (Å²) in [7, 11) is -2.15. The highest BCUT2D eigenvalue weighted by Gasteiger charge is 2.30. The topological polar surface area (TPSA) is 88.4 Å². The van der Waals surface area contributed by atoms with Gasteiger partial charge in [-0.1, -0.05) is 32.0 Å². The van der Waals surface area contributed by atoms with E-state index in [0.29, 0.717) is 11.1 Å². The van der Waals surface area contributed by atoms with Crippen molar-refractivity contribution < 1.29 is 18.3 Å². The van der Waals surface area contributed by atoms with Crippen molar-refractivity contribution in [2.45, 2.75) is 38.1 Å². The summed E-state index contributed by atoms with van der Waals surface area (Å²) < 4.78 is 29.7. The van der Waals surface area contributed by atoms with Crippen LogP contribution >= 0.6 is 0 Å². The minimum absolute atomic E-state index is 0.0624. The lowest BCUT2D eigenvalue weighted by molar-refractivity contribution is -0.139. The van der Waals surface area contributed by atoms with Gasteiger partial charge in [0.2, 0.25) is 10.0 Å². The third-order valence-electron chi connectivity index (χ3n) is 3.91. The Balaban J connectivity index is 2.52. The van der Waals surface area contributed by atoms with Crippen molar-refractivity contribution in [3.05, 3.63) is 30.0 Å². The van der Waals surface area contributed by atoms with Gasteiger partial charge in [-0.3, -0.25) is 4.79 Å². The summed E-state index contributed by atoms with van der Waals surface area (Å²) in [5.41, 5.74) is 1.37. The molecular weight excluding hydrogens is 316 g/mol. The Bertz CT molecular complexity index is 837. The van der Waals surface area contributed by atoms with Gasteiger partial charge in [0.05, 0.1) is 0 Å². The number of aryl methyl sites for hydroxylation is 1. The Kier molecular flexibility index (Phi) is 4.81. The monoisotopic (exact) mass is 338 g/mol. The van der Waals surface area contributed by atoms with Crippen molar-refractivity contribution in [3.8, 4) is 0 Å². The number of rotatable bonds is 6. The first-order valence-corrected chi connectivity index (χ1v) is 8.92. The van der Waals surface area contributed by atoms with E-state index in [9.17, 15) is 18.3 Å². The average molecular weight is 338 g/mol. The summed E-state index contributed by atoms with van der Waals surface area (Å²) in [5.74, 6) is -1.10. The molecule has 0 radical (unpaired) electrons. The van der Waals surface area contributed by atoms with Crippen molar-refractivity contribution in [2.75, 3.05) is 0 Å². The molecule has 2 N–H and O–H groups in total. The van der Waals surface area contributed by atoms with Crippen molar-refractivity contribution in [1.29, 1.82) is 0 Å². The molecule has 1 heterocycles. The quantitative estimate of drug-likeness (QED) is 0.845. The van der Waals surface area contributed by atoms with Crippen molar-refractivity contribution >= 4 is 26.9 Å². The highest BCUT2D eigenvalue weighted by atomic mass is 32.2. The molecule has 0 bridgehead atoms. The standard InChI is InChI=1S/C16H22N2O4S/c1-10(2)9-13(16(19)20)17-23(21,22)15-11(3)18(4)14-8-6-5-7-12(14)15/h5-8,10,13,17H,9H2,1-4H3,(H,19,20)/t13-/m0/s1. The number of nitrogens with one attached hydrogen (secondary N) is 1. The molecule has 0 aliphatic rings. The lowest BCUT2D eigenvalue weighted by Gasteiger charge is -2.17. The van der Waals surface area contributed by atoms with Gasteiger partial charge >= 0.3 is 5.97 Å². The number of sulfonamides is 1. The molecular formula is C16H22N2O4S. The number of hydrogen-bond acceptors (Lipinski definition) is 3. The molecule has 1 aromatic carbocycles. The fraction of sp³-hybridized carbons (Fsp3) is 0.438. The van der Waals surface area contributed by atoms with Crippen LogP contribution in [0.3, 0.4) is 0 Å². The minimum Gasteiger partial charge on any atom is -0.480 e. The van der Waals surface area contributed by atoms with Gasteiger partial charge in [0.1, 0.15) is 10.9 Å². The fourth-order valence-corrected chi connectivity index (χ4v) is 4.42. The molecule has 0 saturated heterocycles. The Labute approximate surface area is 136 Å². The first-order valence-electron chi connectivity index (χ1n) is 7.44. The van der Waals surface area contributed by atoms with Crippen LogP contribution in [-0.2, 0) is 21.9 Å². The van der Waals surface area contributed by atoms with Gasteiger partial charge in [-0.15, -0.1) is 0 Å². The predicted octanol–water partition coefficient (Wildman–Crippen LogP) is 2.26. The fourth-order valence-electron chi connectivity index (χ4n) is 2.74. The molecule has 0 aliphatic carbocycles. The van der Waals surface area contributed by atoms with Crippen LogP contribution in [0.1, 0.15) is 26.0 Å². The molecule has 0 unspecified atom stereocenters. The van der Waals surface area contributed by atoms with Gasteiger partial charge < -0.3 is 9.67 Å². The number of aromatic nitrogens is 1. The van der Waals surface area contributed by atoms with Crippen LogP contribution in [0.15, 0.2) is 29.2 Å². The molecule has 0 saturated carbocycles. The molecule has 23 heavy (non-hydrogen) atoms. The Morgan fingerprint density at radius 1 is 1.30 bits per heavy atom. The zero-order valence-electron chi connectivity index (χ0n) is 13.7. The van der Waals surface area contributed by atoms with E-state index in [1.54, 1.807) is 30.7 Å². The highest BCUT2D eigenvalue weighted by molar-refractivity contribution is 7.89. The molecule has 1 aromatic heterocycles. The third kappa shape index (κ3) is 3.40. The number of para-hydroxylation sites is 1. The van der Waals surface area contributed by atoms with Crippen LogP contribution in [-0.4, -0.2) is 30.1 Å². The molecule has 0 spiro atoms. The molecule has 0 amide bonds. The van der Waals surface area contributed by atoms with Crippen LogP contribution in [0.4, 0.5) is 0 Å².